The van der Waals surface area contributed by atoms with Crippen LogP contribution in [0.2, 0.25) is 0 Å². The highest BCUT2D eigenvalue weighted by molar-refractivity contribution is 6.26. The van der Waals surface area contributed by atoms with E-state index in [1.165, 1.54) is 0 Å². The van der Waals surface area contributed by atoms with Crippen molar-refractivity contribution in [3.63, 3.8) is 0 Å². The Bertz CT molecular complexity index is 1230. The highest BCUT2D eigenvalue weighted by atomic mass is 16.2. The number of rotatable bonds is 9. The lowest BCUT2D eigenvalue weighted by Crippen LogP contribution is -2.41. The molecule has 5 N–H and O–H groups in total. The van der Waals surface area contributed by atoms with E-state index in [0.717, 1.165) is 18.4 Å². The van der Waals surface area contributed by atoms with Crippen molar-refractivity contribution >= 4 is 22.5 Å². The van der Waals surface area contributed by atoms with Gasteiger partial charge in [-0.05, 0) is 31.9 Å². The van der Waals surface area contributed by atoms with Gasteiger partial charge in [0.15, 0.2) is 5.78 Å². The van der Waals surface area contributed by atoms with Crippen molar-refractivity contribution in [2.75, 3.05) is 13.1 Å². The zero-order chi connectivity index (χ0) is 22.7. The minimum absolute atomic E-state index is 0.0581. The lowest BCUT2D eigenvalue weighted by atomic mass is 10.0. The van der Waals surface area contributed by atoms with Gasteiger partial charge in [-0.2, -0.15) is 0 Å². The minimum Gasteiger partial charge on any atom is -0.355 e. The molecule has 1 heterocycles. The average Bonchev–Trinajstić information content (AvgIpc) is 3.11. The molecule has 1 atom stereocenters. The number of ketones is 1. The van der Waals surface area contributed by atoms with Gasteiger partial charge in [-0.15, -0.1) is 0 Å². The number of amides is 1. The molecule has 1 aromatic heterocycles. The van der Waals surface area contributed by atoms with Gasteiger partial charge in [0.05, 0.1) is 17.3 Å². The summed E-state index contributed by atoms with van der Waals surface area (Å²) in [4.78, 5) is 38.7. The number of nitrogens with zero attached hydrogens (tertiary/aromatic N) is 1. The van der Waals surface area contributed by atoms with Crippen molar-refractivity contribution in [3.05, 3.63) is 70.0 Å². The first-order chi connectivity index (χ1) is 15.5. The summed E-state index contributed by atoms with van der Waals surface area (Å²) >= 11 is 0. The van der Waals surface area contributed by atoms with E-state index in [0.29, 0.717) is 60.1 Å². The summed E-state index contributed by atoms with van der Waals surface area (Å²) in [5.41, 5.74) is 13.9. The van der Waals surface area contributed by atoms with Crippen LogP contribution in [-0.4, -0.2) is 35.4 Å². The van der Waals surface area contributed by atoms with Crippen molar-refractivity contribution in [1.29, 1.82) is 0 Å². The van der Waals surface area contributed by atoms with Crippen molar-refractivity contribution in [2.45, 2.75) is 38.3 Å². The number of carbonyl (C=O) groups is 2. The van der Waals surface area contributed by atoms with Gasteiger partial charge in [-0.1, -0.05) is 48.9 Å². The second-order valence-electron chi connectivity index (χ2n) is 8.14. The van der Waals surface area contributed by atoms with Gasteiger partial charge in [0.1, 0.15) is 0 Å². The smallest absolute Gasteiger partial charge is 0.258 e. The third-order valence-electron chi connectivity index (χ3n) is 6.00. The van der Waals surface area contributed by atoms with Crippen LogP contribution < -0.4 is 22.3 Å². The molecule has 1 unspecified atom stereocenters. The van der Waals surface area contributed by atoms with Crippen LogP contribution in [0.25, 0.3) is 22.0 Å². The molecule has 1 amide bonds. The first kappa shape index (κ1) is 21.9. The number of unbranched alkanes of at least 4 members (excludes halogenated alkanes) is 1. The molecule has 4 rings (SSSR count). The van der Waals surface area contributed by atoms with Crippen LogP contribution in [0.4, 0.5) is 0 Å². The van der Waals surface area contributed by atoms with Crippen LogP contribution in [0, 0.1) is 0 Å². The molecule has 0 saturated heterocycles. The zero-order valence-electron chi connectivity index (χ0n) is 18.0. The molecule has 1 aliphatic rings. The number of nitrogens with two attached hydrogens (primary N) is 2. The fourth-order valence-corrected chi connectivity index (χ4v) is 4.36. The van der Waals surface area contributed by atoms with E-state index in [9.17, 15) is 14.4 Å². The van der Waals surface area contributed by atoms with Crippen molar-refractivity contribution in [2.24, 2.45) is 11.5 Å². The van der Waals surface area contributed by atoms with Gasteiger partial charge in [-0.25, -0.2) is 0 Å². The van der Waals surface area contributed by atoms with E-state index in [-0.39, 0.29) is 17.2 Å². The van der Waals surface area contributed by atoms with Crippen LogP contribution in [0.15, 0.2) is 53.3 Å². The van der Waals surface area contributed by atoms with Gasteiger partial charge in [0, 0.05) is 35.0 Å². The van der Waals surface area contributed by atoms with E-state index in [2.05, 4.69) is 5.32 Å². The van der Waals surface area contributed by atoms with E-state index < -0.39 is 6.04 Å². The van der Waals surface area contributed by atoms with E-state index in [1.54, 1.807) is 22.8 Å². The first-order valence-electron chi connectivity index (χ1n) is 11.1. The number of nitrogens with one attached hydrogen (secondary N) is 1. The predicted octanol–water partition coefficient (Wildman–Crippen LogP) is 2.18. The van der Waals surface area contributed by atoms with Crippen LogP contribution in [0.5, 0.6) is 0 Å². The maximum Gasteiger partial charge on any atom is 0.258 e. The highest BCUT2D eigenvalue weighted by Gasteiger charge is 2.32. The van der Waals surface area contributed by atoms with Gasteiger partial charge in [0.2, 0.25) is 5.91 Å². The quantitative estimate of drug-likeness (QED) is 0.350. The Kier molecular flexibility index (Phi) is 6.48. The average molecular weight is 433 g/mol. The van der Waals surface area contributed by atoms with Crippen molar-refractivity contribution in [3.8, 4) is 11.3 Å². The normalized spacial score (nSPS) is 13.1. The molecule has 32 heavy (non-hydrogen) atoms. The van der Waals surface area contributed by atoms with Crippen LogP contribution in [0.3, 0.4) is 0 Å². The number of aromatic nitrogens is 1. The Hall–Kier alpha value is -3.29. The topological polar surface area (TPSA) is 120 Å². The Balaban J connectivity index is 1.57. The van der Waals surface area contributed by atoms with Crippen molar-refractivity contribution in [1.82, 2.24) is 9.88 Å². The Labute approximate surface area is 186 Å². The number of fused-ring (bicyclic) bond motifs is 5. The lowest BCUT2D eigenvalue weighted by Gasteiger charge is -2.16. The zero-order valence-corrected chi connectivity index (χ0v) is 18.0. The summed E-state index contributed by atoms with van der Waals surface area (Å²) in [5.74, 6) is -0.254. The Morgan fingerprint density at radius 3 is 2.38 bits per heavy atom. The minimum atomic E-state index is -0.557. The molecule has 7 nitrogen and oxygen atoms in total. The summed E-state index contributed by atoms with van der Waals surface area (Å²) in [6, 6.07) is 14.1. The molecule has 2 aromatic carbocycles. The molecule has 0 bridgehead atoms. The summed E-state index contributed by atoms with van der Waals surface area (Å²) in [6.45, 7) is 1.37. The van der Waals surface area contributed by atoms with Crippen LogP contribution in [0.1, 0.15) is 41.6 Å². The largest absolute Gasteiger partial charge is 0.355 e. The number of benzene rings is 2. The summed E-state index contributed by atoms with van der Waals surface area (Å²) in [7, 11) is 0. The van der Waals surface area contributed by atoms with E-state index in [1.807, 2.05) is 30.3 Å². The van der Waals surface area contributed by atoms with Gasteiger partial charge >= 0.3 is 0 Å². The maximum absolute atomic E-state index is 13.3. The van der Waals surface area contributed by atoms with Gasteiger partial charge in [-0.3, -0.25) is 14.4 Å². The SMILES string of the molecule is NCCCCC(N)C(=O)NCCCn1c2c(c3ccccc3c1=O)C(=O)c1ccccc1-2. The van der Waals surface area contributed by atoms with Crippen molar-refractivity contribution < 1.29 is 9.59 Å². The van der Waals surface area contributed by atoms with E-state index in [4.69, 9.17) is 11.5 Å². The molecule has 3 aromatic rings. The third kappa shape index (κ3) is 3.97. The predicted molar refractivity (Wildman–Crippen MR) is 126 cm³/mol. The van der Waals surface area contributed by atoms with Gasteiger partial charge in [0.25, 0.3) is 5.56 Å². The molecule has 166 valence electrons. The Morgan fingerprint density at radius 2 is 1.62 bits per heavy atom. The number of pyridine rings is 1. The number of hydrogen-bond donors (Lipinski definition) is 3. The lowest BCUT2D eigenvalue weighted by molar-refractivity contribution is -0.122. The molecule has 7 heteroatoms. The fraction of sp³-hybridized carbons (Fsp3) is 0.320. The fourth-order valence-electron chi connectivity index (χ4n) is 4.36. The molecule has 0 spiro atoms. The molecular weight excluding hydrogens is 404 g/mol. The summed E-state index contributed by atoms with van der Waals surface area (Å²) in [5, 5.41) is 4.06. The molecule has 0 aliphatic heterocycles. The highest BCUT2D eigenvalue weighted by Crippen LogP contribution is 2.39. The standard InChI is InChI=1S/C25H28N4O3/c26-13-6-5-12-20(27)24(31)28-14-7-15-29-22-17-9-2-3-10-18(17)23(30)21(22)16-8-1-4-11-19(16)25(29)32/h1-4,8-11,20H,5-7,12-15,26-27H2,(H,28,31). The maximum atomic E-state index is 13.3. The molecule has 0 radical (unpaired) electrons. The first-order valence-corrected chi connectivity index (χ1v) is 11.1. The van der Waals surface area contributed by atoms with Crippen LogP contribution in [-0.2, 0) is 11.3 Å². The summed E-state index contributed by atoms with van der Waals surface area (Å²) in [6.07, 6.45) is 2.80. The third-order valence-corrected chi connectivity index (χ3v) is 6.00. The Morgan fingerprint density at radius 1 is 0.938 bits per heavy atom. The van der Waals surface area contributed by atoms with Gasteiger partial charge < -0.3 is 21.4 Å². The second-order valence-corrected chi connectivity index (χ2v) is 8.14. The molecular formula is C25H28N4O3. The summed E-state index contributed by atoms with van der Waals surface area (Å²) < 4.78 is 1.68. The monoisotopic (exact) mass is 432 g/mol. The number of hydrogen-bond acceptors (Lipinski definition) is 5. The van der Waals surface area contributed by atoms with E-state index >= 15 is 0 Å². The molecule has 0 fully saturated rings. The number of carbonyl (C=O) groups excluding carboxylic acids is 2. The molecule has 0 saturated carbocycles. The second kappa shape index (κ2) is 9.46. The molecule has 1 aliphatic carbocycles. The van der Waals surface area contributed by atoms with Crippen LogP contribution >= 0.6 is 0 Å².